The fourth-order valence-electron chi connectivity index (χ4n) is 2.06. The molecule has 1 fully saturated rings. The number of hydrogen-bond acceptors (Lipinski definition) is 3. The summed E-state index contributed by atoms with van der Waals surface area (Å²) in [5.41, 5.74) is 0.715. The molecule has 0 aliphatic heterocycles. The Balaban J connectivity index is 1.67. The van der Waals surface area contributed by atoms with E-state index in [0.29, 0.717) is 11.8 Å². The molecule has 132 valence electrons. The summed E-state index contributed by atoms with van der Waals surface area (Å²) in [6.07, 6.45) is 1.94. The minimum Gasteiger partial charge on any atom is -0.335 e. The number of rotatable bonds is 5. The van der Waals surface area contributed by atoms with E-state index in [9.17, 15) is 22.0 Å². The molecule has 0 unspecified atom stereocenters. The van der Waals surface area contributed by atoms with Gasteiger partial charge in [0.2, 0.25) is 0 Å². The van der Waals surface area contributed by atoms with Gasteiger partial charge in [0.05, 0.1) is 4.90 Å². The lowest BCUT2D eigenvalue weighted by Gasteiger charge is -2.10. The zero-order chi connectivity index (χ0) is 18.0. The Kier molecular flexibility index (Phi) is 4.58. The molecule has 2 amide bonds. The smallest absolute Gasteiger partial charge is 0.319 e. The number of hydrogen-bond donors (Lipinski definition) is 3. The first-order chi connectivity index (χ1) is 11.8. The van der Waals surface area contributed by atoms with Gasteiger partial charge < -0.3 is 10.6 Å². The van der Waals surface area contributed by atoms with Gasteiger partial charge in [0, 0.05) is 17.4 Å². The Morgan fingerprint density at radius 1 is 0.960 bits per heavy atom. The molecular weight excluding hydrogens is 352 g/mol. The third-order valence-electron chi connectivity index (χ3n) is 3.51. The van der Waals surface area contributed by atoms with Gasteiger partial charge in [0.1, 0.15) is 0 Å². The summed E-state index contributed by atoms with van der Waals surface area (Å²) in [5.74, 6) is -2.37. The molecule has 1 saturated carbocycles. The summed E-state index contributed by atoms with van der Waals surface area (Å²) in [5, 5.41) is 5.39. The van der Waals surface area contributed by atoms with Gasteiger partial charge in [-0.15, -0.1) is 0 Å². The number of carbonyl (C=O) groups is 1. The third kappa shape index (κ3) is 4.44. The fourth-order valence-corrected chi connectivity index (χ4v) is 3.13. The maximum Gasteiger partial charge on any atom is 0.319 e. The molecule has 3 rings (SSSR count). The zero-order valence-corrected chi connectivity index (χ0v) is 13.7. The lowest BCUT2D eigenvalue weighted by molar-refractivity contribution is 0.251. The van der Waals surface area contributed by atoms with Crippen molar-refractivity contribution in [1.29, 1.82) is 0 Å². The standard InChI is InChI=1S/C16H15F2N3O3S/c17-14-8-7-13(9-15(14)18)25(23,24)21-12-5-3-11(4-6-12)20-16(22)19-10-1-2-10/h3-10,21H,1-2H2,(H2,19,20,22). The van der Waals surface area contributed by atoms with E-state index in [1.165, 1.54) is 24.3 Å². The van der Waals surface area contributed by atoms with Crippen LogP contribution in [0.3, 0.4) is 0 Å². The SMILES string of the molecule is O=C(Nc1ccc(NS(=O)(=O)c2ccc(F)c(F)c2)cc1)NC1CC1. The number of amides is 2. The van der Waals surface area contributed by atoms with E-state index in [0.717, 1.165) is 25.0 Å². The lowest BCUT2D eigenvalue weighted by Crippen LogP contribution is -2.30. The summed E-state index contributed by atoms with van der Waals surface area (Å²) in [6, 6.07) is 8.17. The summed E-state index contributed by atoms with van der Waals surface area (Å²) in [6.45, 7) is 0. The molecule has 2 aromatic carbocycles. The Hall–Kier alpha value is -2.68. The Labute approximate surface area is 143 Å². The minimum atomic E-state index is -4.05. The van der Waals surface area contributed by atoms with Crippen LogP contribution < -0.4 is 15.4 Å². The second-order valence-electron chi connectivity index (χ2n) is 5.63. The normalized spacial score (nSPS) is 14.0. The van der Waals surface area contributed by atoms with Gasteiger partial charge in [-0.2, -0.15) is 0 Å². The second-order valence-corrected chi connectivity index (χ2v) is 7.31. The average Bonchev–Trinajstić information content (AvgIpc) is 3.35. The van der Waals surface area contributed by atoms with Crippen molar-refractivity contribution in [3.63, 3.8) is 0 Å². The lowest BCUT2D eigenvalue weighted by atomic mass is 10.3. The van der Waals surface area contributed by atoms with Crippen LogP contribution in [0.15, 0.2) is 47.4 Å². The van der Waals surface area contributed by atoms with Crippen molar-refractivity contribution >= 4 is 27.4 Å². The van der Waals surface area contributed by atoms with Crippen molar-refractivity contribution in [2.24, 2.45) is 0 Å². The molecule has 1 aliphatic carbocycles. The van der Waals surface area contributed by atoms with Crippen LogP contribution in [0, 0.1) is 11.6 Å². The maximum absolute atomic E-state index is 13.2. The van der Waals surface area contributed by atoms with E-state index in [2.05, 4.69) is 15.4 Å². The van der Waals surface area contributed by atoms with Gasteiger partial charge in [-0.05, 0) is 55.3 Å². The van der Waals surface area contributed by atoms with Gasteiger partial charge >= 0.3 is 6.03 Å². The second kappa shape index (κ2) is 6.67. The van der Waals surface area contributed by atoms with Crippen LogP contribution in [0.5, 0.6) is 0 Å². The molecule has 1 aliphatic rings. The van der Waals surface area contributed by atoms with Crippen molar-refractivity contribution in [2.45, 2.75) is 23.8 Å². The molecule has 0 atom stereocenters. The highest BCUT2D eigenvalue weighted by atomic mass is 32.2. The molecule has 0 spiro atoms. The molecule has 9 heteroatoms. The maximum atomic E-state index is 13.2. The van der Waals surface area contributed by atoms with E-state index in [1.54, 1.807) is 0 Å². The summed E-state index contributed by atoms with van der Waals surface area (Å²) < 4.78 is 52.7. The van der Waals surface area contributed by atoms with Crippen molar-refractivity contribution in [1.82, 2.24) is 5.32 Å². The van der Waals surface area contributed by atoms with Crippen LogP contribution in [0.1, 0.15) is 12.8 Å². The predicted molar refractivity (Wildman–Crippen MR) is 88.8 cm³/mol. The Bertz CT molecular complexity index is 897. The quantitative estimate of drug-likeness (QED) is 0.759. The van der Waals surface area contributed by atoms with Crippen molar-refractivity contribution < 1.29 is 22.0 Å². The first kappa shape index (κ1) is 17.2. The Morgan fingerprint density at radius 2 is 1.60 bits per heavy atom. The number of sulfonamides is 1. The van der Waals surface area contributed by atoms with Crippen molar-refractivity contribution in [3.8, 4) is 0 Å². The van der Waals surface area contributed by atoms with E-state index >= 15 is 0 Å². The highest BCUT2D eigenvalue weighted by molar-refractivity contribution is 7.92. The van der Waals surface area contributed by atoms with Crippen LogP contribution in [0.2, 0.25) is 0 Å². The monoisotopic (exact) mass is 367 g/mol. The van der Waals surface area contributed by atoms with Crippen LogP contribution in [0.4, 0.5) is 25.0 Å². The largest absolute Gasteiger partial charge is 0.335 e. The predicted octanol–water partition coefficient (Wildman–Crippen LogP) is 3.05. The summed E-state index contributed by atoms with van der Waals surface area (Å²) in [7, 11) is -4.05. The van der Waals surface area contributed by atoms with Crippen molar-refractivity contribution in [3.05, 3.63) is 54.1 Å². The van der Waals surface area contributed by atoms with E-state index in [1.807, 2.05) is 0 Å². The van der Waals surface area contributed by atoms with Gasteiger partial charge in [-0.25, -0.2) is 22.0 Å². The van der Waals surface area contributed by atoms with Crippen LogP contribution in [0.25, 0.3) is 0 Å². The van der Waals surface area contributed by atoms with Crippen LogP contribution in [-0.2, 0) is 10.0 Å². The van der Waals surface area contributed by atoms with Crippen molar-refractivity contribution in [2.75, 3.05) is 10.0 Å². The van der Waals surface area contributed by atoms with E-state index in [4.69, 9.17) is 0 Å². The average molecular weight is 367 g/mol. The molecule has 3 N–H and O–H groups in total. The van der Waals surface area contributed by atoms with Gasteiger partial charge in [0.15, 0.2) is 11.6 Å². The molecule has 0 saturated heterocycles. The van der Waals surface area contributed by atoms with Gasteiger partial charge in [-0.1, -0.05) is 0 Å². The number of carbonyl (C=O) groups excluding carboxylic acids is 1. The molecule has 0 heterocycles. The first-order valence-electron chi connectivity index (χ1n) is 7.49. The molecule has 2 aromatic rings. The third-order valence-corrected chi connectivity index (χ3v) is 4.89. The van der Waals surface area contributed by atoms with E-state index < -0.39 is 26.6 Å². The van der Waals surface area contributed by atoms with E-state index in [-0.39, 0.29) is 17.8 Å². The highest BCUT2D eigenvalue weighted by Gasteiger charge is 2.23. The van der Waals surface area contributed by atoms with Gasteiger partial charge in [0.25, 0.3) is 10.0 Å². The Morgan fingerprint density at radius 3 is 2.20 bits per heavy atom. The summed E-state index contributed by atoms with van der Waals surface area (Å²) in [4.78, 5) is 11.2. The first-order valence-corrected chi connectivity index (χ1v) is 8.97. The molecule has 25 heavy (non-hydrogen) atoms. The molecule has 0 bridgehead atoms. The fraction of sp³-hybridized carbons (Fsp3) is 0.188. The number of anilines is 2. The van der Waals surface area contributed by atoms with Crippen LogP contribution >= 0.6 is 0 Å². The molecule has 0 aromatic heterocycles. The highest BCUT2D eigenvalue weighted by Crippen LogP contribution is 2.21. The number of halogens is 2. The molecular formula is C16H15F2N3O3S. The number of benzene rings is 2. The minimum absolute atomic E-state index is 0.220. The van der Waals surface area contributed by atoms with Gasteiger partial charge in [-0.3, -0.25) is 4.72 Å². The van der Waals surface area contributed by atoms with Crippen LogP contribution in [-0.4, -0.2) is 20.5 Å². The molecule has 6 nitrogen and oxygen atoms in total. The molecule has 0 radical (unpaired) electrons. The topological polar surface area (TPSA) is 87.3 Å². The number of nitrogens with one attached hydrogen (secondary N) is 3. The zero-order valence-electron chi connectivity index (χ0n) is 12.9. The number of urea groups is 1. The summed E-state index contributed by atoms with van der Waals surface area (Å²) >= 11 is 0.